The molecule has 7 heteroatoms. The first-order valence-electron chi connectivity index (χ1n) is 8.61. The third-order valence-corrected chi connectivity index (χ3v) is 7.41. The van der Waals surface area contributed by atoms with Crippen molar-refractivity contribution in [2.75, 3.05) is 6.54 Å². The van der Waals surface area contributed by atoms with Crippen LogP contribution in [0.4, 0.5) is 5.69 Å². The Hall–Kier alpha value is -1.47. The summed E-state index contributed by atoms with van der Waals surface area (Å²) in [5.74, 6) is 0.975. The van der Waals surface area contributed by atoms with Crippen LogP contribution in [0, 0.1) is 22.0 Å². The van der Waals surface area contributed by atoms with Crippen molar-refractivity contribution in [3.8, 4) is 0 Å². The molecule has 1 aliphatic carbocycles. The molecule has 1 aliphatic heterocycles. The van der Waals surface area contributed by atoms with Gasteiger partial charge in [0, 0.05) is 24.7 Å². The minimum absolute atomic E-state index is 0.0183. The lowest BCUT2D eigenvalue weighted by molar-refractivity contribution is -0.384. The van der Waals surface area contributed by atoms with Crippen molar-refractivity contribution in [3.63, 3.8) is 0 Å². The first-order valence-corrected chi connectivity index (χ1v) is 10.2. The lowest BCUT2D eigenvalue weighted by Gasteiger charge is -2.46. The molecule has 0 radical (unpaired) electrons. The standard InChI is InChI=1S/C17H24N2O4S/c1-13-10-11-18(17-5-3-2-4-16(13)17)24(22,23)12-14-6-8-15(9-7-14)19(20)21/h6-9,13,16-17H,2-5,10-12H2,1H3. The lowest BCUT2D eigenvalue weighted by atomic mass is 9.74. The van der Waals surface area contributed by atoms with Gasteiger partial charge < -0.3 is 0 Å². The van der Waals surface area contributed by atoms with E-state index in [-0.39, 0.29) is 17.5 Å². The van der Waals surface area contributed by atoms with Crippen LogP contribution in [0.5, 0.6) is 0 Å². The third-order valence-electron chi connectivity index (χ3n) is 5.54. The normalized spacial score (nSPS) is 28.3. The van der Waals surface area contributed by atoms with Gasteiger partial charge in [-0.2, -0.15) is 4.31 Å². The fourth-order valence-corrected chi connectivity index (χ4v) is 6.06. The van der Waals surface area contributed by atoms with Gasteiger partial charge >= 0.3 is 0 Å². The molecule has 2 aliphatic rings. The summed E-state index contributed by atoms with van der Waals surface area (Å²) in [6, 6.07) is 5.95. The van der Waals surface area contributed by atoms with Crippen molar-refractivity contribution >= 4 is 15.7 Å². The van der Waals surface area contributed by atoms with E-state index in [1.54, 1.807) is 16.4 Å². The van der Waals surface area contributed by atoms with Crippen molar-refractivity contribution in [1.82, 2.24) is 4.31 Å². The van der Waals surface area contributed by atoms with E-state index in [0.717, 1.165) is 25.7 Å². The lowest BCUT2D eigenvalue weighted by Crippen LogP contribution is -2.52. The number of piperidine rings is 1. The van der Waals surface area contributed by atoms with Crippen molar-refractivity contribution in [2.45, 2.75) is 50.8 Å². The Bertz CT molecular complexity index is 702. The second kappa shape index (κ2) is 6.80. The highest BCUT2D eigenvalue weighted by Gasteiger charge is 2.42. The minimum Gasteiger partial charge on any atom is -0.258 e. The molecule has 1 saturated carbocycles. The summed E-state index contributed by atoms with van der Waals surface area (Å²) in [5, 5.41) is 10.7. The van der Waals surface area contributed by atoms with E-state index in [0.29, 0.717) is 23.9 Å². The number of sulfonamides is 1. The van der Waals surface area contributed by atoms with Gasteiger partial charge in [-0.3, -0.25) is 10.1 Å². The maximum atomic E-state index is 12.9. The second-order valence-corrected chi connectivity index (χ2v) is 8.99. The Morgan fingerprint density at radius 1 is 1.17 bits per heavy atom. The van der Waals surface area contributed by atoms with Gasteiger partial charge in [-0.1, -0.05) is 31.9 Å². The molecule has 3 unspecified atom stereocenters. The maximum absolute atomic E-state index is 12.9. The van der Waals surface area contributed by atoms with E-state index < -0.39 is 14.9 Å². The van der Waals surface area contributed by atoms with Crippen LogP contribution in [0.15, 0.2) is 24.3 Å². The van der Waals surface area contributed by atoms with Crippen LogP contribution in [0.3, 0.4) is 0 Å². The molecule has 0 amide bonds. The molecule has 6 nitrogen and oxygen atoms in total. The zero-order valence-electron chi connectivity index (χ0n) is 13.9. The van der Waals surface area contributed by atoms with Gasteiger partial charge in [0.05, 0.1) is 10.7 Å². The van der Waals surface area contributed by atoms with Crippen LogP contribution in [0.2, 0.25) is 0 Å². The summed E-state index contributed by atoms with van der Waals surface area (Å²) in [6.07, 6.45) is 5.28. The molecule has 24 heavy (non-hydrogen) atoms. The minimum atomic E-state index is -3.40. The van der Waals surface area contributed by atoms with Crippen LogP contribution in [0.1, 0.15) is 44.6 Å². The monoisotopic (exact) mass is 352 g/mol. The van der Waals surface area contributed by atoms with Gasteiger partial charge in [-0.05, 0) is 36.7 Å². The molecule has 132 valence electrons. The summed E-state index contributed by atoms with van der Waals surface area (Å²) in [4.78, 5) is 10.2. The quantitative estimate of drug-likeness (QED) is 0.615. The average Bonchev–Trinajstić information content (AvgIpc) is 2.55. The number of hydrogen-bond donors (Lipinski definition) is 0. The molecule has 1 saturated heterocycles. The SMILES string of the molecule is CC1CCN(S(=O)(=O)Cc2ccc([N+](=O)[O-])cc2)C2CCCCC12. The summed E-state index contributed by atoms with van der Waals surface area (Å²) >= 11 is 0. The van der Waals surface area contributed by atoms with Crippen LogP contribution in [-0.2, 0) is 15.8 Å². The summed E-state index contributed by atoms with van der Waals surface area (Å²) in [7, 11) is -3.40. The van der Waals surface area contributed by atoms with Crippen molar-refractivity contribution < 1.29 is 13.3 Å². The highest BCUT2D eigenvalue weighted by atomic mass is 32.2. The number of hydrogen-bond acceptors (Lipinski definition) is 4. The topological polar surface area (TPSA) is 80.5 Å². The Kier molecular flexibility index (Phi) is 4.92. The first kappa shape index (κ1) is 17.4. The van der Waals surface area contributed by atoms with Crippen LogP contribution >= 0.6 is 0 Å². The third kappa shape index (κ3) is 3.47. The Morgan fingerprint density at radius 3 is 2.50 bits per heavy atom. The fraction of sp³-hybridized carbons (Fsp3) is 0.647. The molecule has 0 spiro atoms. The number of fused-ring (bicyclic) bond motifs is 1. The number of non-ortho nitro benzene ring substituents is 1. The molecule has 1 aromatic rings. The number of rotatable bonds is 4. The number of benzene rings is 1. The molecule has 3 atom stereocenters. The van der Waals surface area contributed by atoms with E-state index in [4.69, 9.17) is 0 Å². The molecular formula is C17H24N2O4S. The number of nitrogens with zero attached hydrogens (tertiary/aromatic N) is 2. The van der Waals surface area contributed by atoms with Crippen LogP contribution in [0.25, 0.3) is 0 Å². The van der Waals surface area contributed by atoms with Gasteiger partial charge in [0.15, 0.2) is 0 Å². The van der Waals surface area contributed by atoms with Crippen LogP contribution in [-0.4, -0.2) is 30.2 Å². The molecule has 1 heterocycles. The van der Waals surface area contributed by atoms with Gasteiger partial charge in [-0.25, -0.2) is 8.42 Å². The molecule has 0 aromatic heterocycles. The van der Waals surface area contributed by atoms with Crippen LogP contribution < -0.4 is 0 Å². The van der Waals surface area contributed by atoms with E-state index in [1.807, 2.05) is 0 Å². The van der Waals surface area contributed by atoms with Crippen molar-refractivity contribution in [2.24, 2.45) is 11.8 Å². The highest BCUT2D eigenvalue weighted by Crippen LogP contribution is 2.40. The maximum Gasteiger partial charge on any atom is 0.269 e. The second-order valence-electron chi connectivity index (χ2n) is 7.07. The fourth-order valence-electron chi connectivity index (χ4n) is 4.22. The Morgan fingerprint density at radius 2 is 1.83 bits per heavy atom. The van der Waals surface area contributed by atoms with E-state index in [9.17, 15) is 18.5 Å². The highest BCUT2D eigenvalue weighted by molar-refractivity contribution is 7.88. The summed E-state index contributed by atoms with van der Waals surface area (Å²) in [5.41, 5.74) is 0.585. The Labute approximate surface area is 143 Å². The first-order chi connectivity index (χ1) is 11.4. The average molecular weight is 352 g/mol. The Balaban J connectivity index is 1.78. The van der Waals surface area contributed by atoms with Gasteiger partial charge in [0.1, 0.15) is 0 Å². The van der Waals surface area contributed by atoms with E-state index in [1.165, 1.54) is 18.6 Å². The molecule has 2 fully saturated rings. The predicted molar refractivity (Wildman–Crippen MR) is 92.0 cm³/mol. The zero-order valence-corrected chi connectivity index (χ0v) is 14.7. The van der Waals surface area contributed by atoms with Crippen molar-refractivity contribution in [3.05, 3.63) is 39.9 Å². The number of nitro benzene ring substituents is 1. The molecular weight excluding hydrogens is 328 g/mol. The molecule has 3 rings (SSSR count). The summed E-state index contributed by atoms with van der Waals surface area (Å²) < 4.78 is 27.6. The molecule has 0 bridgehead atoms. The number of nitro groups is 1. The predicted octanol–water partition coefficient (Wildman–Crippen LogP) is 3.33. The van der Waals surface area contributed by atoms with Gasteiger partial charge in [-0.15, -0.1) is 0 Å². The molecule has 1 aromatic carbocycles. The molecule has 0 N–H and O–H groups in total. The smallest absolute Gasteiger partial charge is 0.258 e. The van der Waals surface area contributed by atoms with Gasteiger partial charge in [0.25, 0.3) is 5.69 Å². The summed E-state index contributed by atoms with van der Waals surface area (Å²) in [6.45, 7) is 2.83. The largest absolute Gasteiger partial charge is 0.269 e. The van der Waals surface area contributed by atoms with Gasteiger partial charge in [0.2, 0.25) is 10.0 Å². The van der Waals surface area contributed by atoms with E-state index in [2.05, 4.69) is 6.92 Å². The van der Waals surface area contributed by atoms with E-state index >= 15 is 0 Å². The van der Waals surface area contributed by atoms with Crippen molar-refractivity contribution in [1.29, 1.82) is 0 Å². The zero-order chi connectivity index (χ0) is 17.3.